The highest BCUT2D eigenvalue weighted by molar-refractivity contribution is 7.89. The Balaban J connectivity index is 1.43. The van der Waals surface area contributed by atoms with E-state index in [1.165, 1.54) is 18.2 Å². The zero-order valence-corrected chi connectivity index (χ0v) is 20.8. The van der Waals surface area contributed by atoms with Crippen molar-refractivity contribution in [3.05, 3.63) is 83.4 Å². The van der Waals surface area contributed by atoms with E-state index >= 15 is 0 Å². The van der Waals surface area contributed by atoms with Crippen molar-refractivity contribution in [2.75, 3.05) is 37.3 Å². The van der Waals surface area contributed by atoms with Gasteiger partial charge in [-0.3, -0.25) is 9.69 Å². The molecule has 0 aliphatic carbocycles. The molecular weight excluding hydrogens is 507 g/mol. The van der Waals surface area contributed by atoms with Crippen LogP contribution in [0, 0.1) is 0 Å². The summed E-state index contributed by atoms with van der Waals surface area (Å²) in [4.78, 5) is 16.2. The predicted molar refractivity (Wildman–Crippen MR) is 135 cm³/mol. The first-order valence-corrected chi connectivity index (χ1v) is 13.4. The first-order chi connectivity index (χ1) is 17.4. The molecule has 3 aromatic rings. The molecule has 7 nitrogen and oxygen atoms in total. The number of aromatic hydroxyl groups is 1. The van der Waals surface area contributed by atoms with Crippen molar-refractivity contribution in [3.8, 4) is 16.9 Å². The second-order valence-electron chi connectivity index (χ2n) is 8.98. The molecule has 0 bridgehead atoms. The van der Waals surface area contributed by atoms with E-state index in [9.17, 15) is 31.5 Å². The van der Waals surface area contributed by atoms with Gasteiger partial charge >= 0.3 is 6.18 Å². The lowest BCUT2D eigenvalue weighted by molar-refractivity contribution is -0.137. The average molecular weight is 534 g/mol. The number of piperazine rings is 1. The van der Waals surface area contributed by atoms with Crippen LogP contribution < -0.4 is 9.62 Å². The maximum atomic E-state index is 13.6. The molecule has 4 rings (SSSR count). The number of amides is 1. The molecule has 37 heavy (non-hydrogen) atoms. The third kappa shape index (κ3) is 7.01. The largest absolute Gasteiger partial charge is 0.508 e. The number of alkyl halides is 3. The Labute approximate surface area is 213 Å². The van der Waals surface area contributed by atoms with Gasteiger partial charge in [-0.05, 0) is 71.3 Å². The summed E-state index contributed by atoms with van der Waals surface area (Å²) in [5.74, 6) is -0.721. The molecule has 0 radical (unpaired) electrons. The number of phenolic OH excluding ortho intramolecular Hbond substituents is 1. The van der Waals surface area contributed by atoms with Crippen LogP contribution in [0.4, 0.5) is 18.9 Å². The molecule has 1 aliphatic rings. The van der Waals surface area contributed by atoms with Gasteiger partial charge in [0.05, 0.1) is 11.8 Å². The van der Waals surface area contributed by atoms with Gasteiger partial charge in [-0.15, -0.1) is 0 Å². The van der Waals surface area contributed by atoms with E-state index in [-0.39, 0.29) is 11.3 Å². The number of nitrogens with one attached hydrogen (secondary N) is 1. The van der Waals surface area contributed by atoms with Gasteiger partial charge in [0.2, 0.25) is 10.0 Å². The fourth-order valence-corrected chi connectivity index (χ4v) is 4.73. The minimum absolute atomic E-state index is 0.0170. The molecule has 0 spiro atoms. The number of nitrogens with zero attached hydrogens (tertiary/aromatic N) is 2. The lowest BCUT2D eigenvalue weighted by Gasteiger charge is -2.36. The third-order valence-corrected chi connectivity index (χ3v) is 6.61. The molecule has 1 saturated heterocycles. The van der Waals surface area contributed by atoms with Gasteiger partial charge in [-0.2, -0.15) is 13.2 Å². The van der Waals surface area contributed by atoms with Crippen LogP contribution in [-0.2, 0) is 22.7 Å². The van der Waals surface area contributed by atoms with E-state index in [4.69, 9.17) is 0 Å². The van der Waals surface area contributed by atoms with Crippen LogP contribution in [0.3, 0.4) is 0 Å². The lowest BCUT2D eigenvalue weighted by atomic mass is 9.99. The summed E-state index contributed by atoms with van der Waals surface area (Å²) in [6.07, 6.45) is -3.59. The van der Waals surface area contributed by atoms with Crippen molar-refractivity contribution in [2.24, 2.45) is 0 Å². The number of anilines is 1. The van der Waals surface area contributed by atoms with Crippen molar-refractivity contribution in [3.63, 3.8) is 0 Å². The number of benzene rings is 3. The Hall–Kier alpha value is -3.57. The molecule has 1 fully saturated rings. The van der Waals surface area contributed by atoms with Gasteiger partial charge in [-0.1, -0.05) is 12.1 Å². The van der Waals surface area contributed by atoms with E-state index in [1.54, 1.807) is 42.5 Å². The zero-order chi connectivity index (χ0) is 26.8. The normalized spacial score (nSPS) is 15.0. The van der Waals surface area contributed by atoms with Gasteiger partial charge in [-0.25, -0.2) is 13.1 Å². The average Bonchev–Trinajstić information content (AvgIpc) is 2.83. The SMILES string of the molecule is CS(=O)(=O)NC(=O)c1ccc(N2CCN(Cc3cc(-c4cccc(O)c4)cc(C(F)(F)F)c3)CC2)cc1. The van der Waals surface area contributed by atoms with Crippen LogP contribution in [0.1, 0.15) is 21.5 Å². The quantitative estimate of drug-likeness (QED) is 0.496. The molecule has 196 valence electrons. The van der Waals surface area contributed by atoms with Crippen LogP contribution in [0.25, 0.3) is 11.1 Å². The Kier molecular flexibility index (Phi) is 7.47. The van der Waals surface area contributed by atoms with Gasteiger partial charge in [0, 0.05) is 44.0 Å². The molecule has 1 aliphatic heterocycles. The van der Waals surface area contributed by atoms with E-state index < -0.39 is 27.7 Å². The number of hydrogen-bond acceptors (Lipinski definition) is 6. The van der Waals surface area contributed by atoms with Crippen LogP contribution in [0.5, 0.6) is 5.75 Å². The Morgan fingerprint density at radius 1 is 0.946 bits per heavy atom. The summed E-state index contributed by atoms with van der Waals surface area (Å²) >= 11 is 0. The molecule has 0 saturated carbocycles. The molecular formula is C26H26F3N3O4S. The second-order valence-corrected chi connectivity index (χ2v) is 10.7. The lowest BCUT2D eigenvalue weighted by Crippen LogP contribution is -2.46. The minimum Gasteiger partial charge on any atom is -0.508 e. The summed E-state index contributed by atoms with van der Waals surface area (Å²) in [6, 6.07) is 16.7. The molecule has 2 N–H and O–H groups in total. The monoisotopic (exact) mass is 533 g/mol. The summed E-state index contributed by atoms with van der Waals surface area (Å²) in [5.41, 5.74) is 1.77. The van der Waals surface area contributed by atoms with Gasteiger partial charge in [0.15, 0.2) is 0 Å². The smallest absolute Gasteiger partial charge is 0.416 e. The number of sulfonamides is 1. The number of carbonyl (C=O) groups excluding carboxylic acids is 1. The maximum Gasteiger partial charge on any atom is 0.416 e. The summed E-state index contributed by atoms with van der Waals surface area (Å²) < 4.78 is 65.2. The number of rotatable bonds is 6. The van der Waals surface area contributed by atoms with E-state index in [2.05, 4.69) is 9.80 Å². The van der Waals surface area contributed by atoms with E-state index in [1.807, 2.05) is 4.72 Å². The van der Waals surface area contributed by atoms with Crippen LogP contribution in [0.15, 0.2) is 66.7 Å². The summed E-state index contributed by atoms with van der Waals surface area (Å²) in [7, 11) is -3.65. The fourth-order valence-electron chi connectivity index (χ4n) is 4.27. The Morgan fingerprint density at radius 3 is 2.22 bits per heavy atom. The number of halogens is 3. The van der Waals surface area contributed by atoms with Gasteiger partial charge in [0.1, 0.15) is 5.75 Å². The number of hydrogen-bond donors (Lipinski definition) is 2. The number of carbonyl (C=O) groups is 1. The first kappa shape index (κ1) is 26.5. The van der Waals surface area contributed by atoms with Crippen LogP contribution in [-0.4, -0.2) is 56.8 Å². The Bertz CT molecular complexity index is 1380. The Morgan fingerprint density at radius 2 is 1.62 bits per heavy atom. The predicted octanol–water partition coefficient (Wildman–Crippen LogP) is 4.09. The standard InChI is InChI=1S/C26H26F3N3O4S/c1-37(35,36)30-25(34)19-5-7-23(8-6-19)32-11-9-31(10-12-32)17-18-13-21(15-22(14-18)26(27,28)29)20-3-2-4-24(33)16-20/h2-8,13-16,33H,9-12,17H2,1H3,(H,30,34). The van der Waals surface area contributed by atoms with E-state index in [0.717, 1.165) is 18.0 Å². The molecule has 0 aromatic heterocycles. The van der Waals surface area contributed by atoms with Crippen molar-refractivity contribution < 1.29 is 31.5 Å². The topological polar surface area (TPSA) is 90.0 Å². The van der Waals surface area contributed by atoms with E-state index in [0.29, 0.717) is 49.4 Å². The van der Waals surface area contributed by atoms with Crippen LogP contribution >= 0.6 is 0 Å². The zero-order valence-electron chi connectivity index (χ0n) is 20.0. The minimum atomic E-state index is -4.50. The third-order valence-electron chi connectivity index (χ3n) is 6.05. The number of phenols is 1. The van der Waals surface area contributed by atoms with Crippen molar-refractivity contribution in [2.45, 2.75) is 12.7 Å². The van der Waals surface area contributed by atoms with Crippen molar-refractivity contribution in [1.29, 1.82) is 0 Å². The summed E-state index contributed by atoms with van der Waals surface area (Å²) in [6.45, 7) is 2.84. The maximum absolute atomic E-state index is 13.6. The molecule has 1 heterocycles. The van der Waals surface area contributed by atoms with Crippen molar-refractivity contribution in [1.82, 2.24) is 9.62 Å². The molecule has 11 heteroatoms. The summed E-state index contributed by atoms with van der Waals surface area (Å²) in [5, 5.41) is 9.76. The highest BCUT2D eigenvalue weighted by Gasteiger charge is 2.31. The highest BCUT2D eigenvalue weighted by Crippen LogP contribution is 2.34. The second kappa shape index (κ2) is 10.4. The molecule has 3 aromatic carbocycles. The first-order valence-electron chi connectivity index (χ1n) is 11.5. The van der Waals surface area contributed by atoms with Crippen molar-refractivity contribution >= 4 is 21.6 Å². The molecule has 0 atom stereocenters. The van der Waals surface area contributed by atoms with Gasteiger partial charge < -0.3 is 10.0 Å². The molecule has 1 amide bonds. The highest BCUT2D eigenvalue weighted by atomic mass is 32.2. The fraction of sp³-hybridized carbons (Fsp3) is 0.269. The molecule has 0 unspecified atom stereocenters. The van der Waals surface area contributed by atoms with Crippen LogP contribution in [0.2, 0.25) is 0 Å². The van der Waals surface area contributed by atoms with Gasteiger partial charge in [0.25, 0.3) is 5.91 Å².